The van der Waals surface area contributed by atoms with Crippen molar-refractivity contribution in [3.8, 4) is 10.8 Å². The highest BCUT2D eigenvalue weighted by atomic mass is 32.1. The summed E-state index contributed by atoms with van der Waals surface area (Å²) in [6, 6.07) is 16.2. The highest BCUT2D eigenvalue weighted by Gasteiger charge is 2.31. The number of amides is 1. The second-order valence-corrected chi connectivity index (χ2v) is 9.14. The van der Waals surface area contributed by atoms with E-state index in [2.05, 4.69) is 32.3 Å². The average molecular weight is 474 g/mol. The Kier molecular flexibility index (Phi) is 6.69. The van der Waals surface area contributed by atoms with Crippen LogP contribution >= 0.6 is 11.3 Å². The molecule has 2 aromatic carbocycles. The number of rotatable bonds is 7. The number of carbonyl (C=O) groups is 1. The second kappa shape index (κ2) is 10.2. The molecule has 1 atom stereocenters. The van der Waals surface area contributed by atoms with Crippen molar-refractivity contribution >= 4 is 17.2 Å². The minimum absolute atomic E-state index is 0.00143. The first kappa shape index (κ1) is 22.3. The minimum Gasteiger partial charge on any atom is -0.354 e. The van der Waals surface area contributed by atoms with Gasteiger partial charge in [-0.2, -0.15) is 0 Å². The topological polar surface area (TPSA) is 71.0 Å². The Morgan fingerprint density at radius 3 is 2.62 bits per heavy atom. The van der Waals surface area contributed by atoms with Crippen LogP contribution in [0.2, 0.25) is 0 Å². The van der Waals surface area contributed by atoms with Crippen LogP contribution in [0.1, 0.15) is 22.4 Å². The van der Waals surface area contributed by atoms with Crippen LogP contribution in [0.3, 0.4) is 0 Å². The van der Waals surface area contributed by atoms with Gasteiger partial charge in [0.25, 0.3) is 0 Å². The van der Waals surface area contributed by atoms with E-state index in [1.807, 2.05) is 17.5 Å². The minimum atomic E-state index is -0.291. The molecule has 0 spiro atoms. The molecule has 1 N–H and O–H groups in total. The highest BCUT2D eigenvalue weighted by Crippen LogP contribution is 2.27. The molecule has 3 heterocycles. The van der Waals surface area contributed by atoms with E-state index in [-0.39, 0.29) is 17.8 Å². The molecule has 0 saturated heterocycles. The molecule has 0 saturated carbocycles. The van der Waals surface area contributed by atoms with Gasteiger partial charge in [0.2, 0.25) is 5.91 Å². The number of aromatic nitrogens is 3. The molecule has 8 heteroatoms. The molecule has 5 rings (SSSR count). The molecule has 0 fully saturated rings. The third kappa shape index (κ3) is 5.18. The smallest absolute Gasteiger partial charge is 0.237 e. The largest absolute Gasteiger partial charge is 0.354 e. The third-order valence-corrected chi connectivity index (χ3v) is 6.84. The summed E-state index contributed by atoms with van der Waals surface area (Å²) in [6.45, 7) is 1.75. The maximum Gasteiger partial charge on any atom is 0.237 e. The van der Waals surface area contributed by atoms with Crippen molar-refractivity contribution in [1.82, 2.24) is 25.2 Å². The SMILES string of the molecule is O=C(NCCc1ccc(F)cc1)C1Cc2ccccc2CN1Cc1csc(-c2ncccn2)n1. The number of hydrogen-bond acceptors (Lipinski definition) is 6. The summed E-state index contributed by atoms with van der Waals surface area (Å²) in [4.78, 5) is 28.7. The van der Waals surface area contributed by atoms with Gasteiger partial charge in [0.15, 0.2) is 10.8 Å². The quantitative estimate of drug-likeness (QED) is 0.439. The number of carbonyl (C=O) groups excluding carboxylic acids is 1. The van der Waals surface area contributed by atoms with Gasteiger partial charge >= 0.3 is 0 Å². The van der Waals surface area contributed by atoms with Crippen molar-refractivity contribution in [1.29, 1.82) is 0 Å². The Labute approximate surface area is 201 Å². The van der Waals surface area contributed by atoms with Crippen LogP contribution in [-0.2, 0) is 30.7 Å². The normalized spacial score (nSPS) is 15.6. The summed E-state index contributed by atoms with van der Waals surface area (Å²) in [7, 11) is 0. The summed E-state index contributed by atoms with van der Waals surface area (Å²) in [5, 5.41) is 5.86. The van der Waals surface area contributed by atoms with Gasteiger partial charge in [-0.1, -0.05) is 36.4 Å². The van der Waals surface area contributed by atoms with Crippen molar-refractivity contribution in [2.24, 2.45) is 0 Å². The molecule has 1 aliphatic rings. The molecule has 1 amide bonds. The predicted octanol–water partition coefficient (Wildman–Crippen LogP) is 4.03. The number of halogens is 1. The number of nitrogens with zero attached hydrogens (tertiary/aromatic N) is 4. The third-order valence-electron chi connectivity index (χ3n) is 5.95. The lowest BCUT2D eigenvalue weighted by atomic mass is 9.93. The predicted molar refractivity (Wildman–Crippen MR) is 129 cm³/mol. The summed E-state index contributed by atoms with van der Waals surface area (Å²) in [5.41, 5.74) is 4.33. The number of fused-ring (bicyclic) bond motifs is 1. The van der Waals surface area contributed by atoms with Gasteiger partial charge in [0, 0.05) is 37.4 Å². The van der Waals surface area contributed by atoms with Crippen molar-refractivity contribution in [3.63, 3.8) is 0 Å². The fourth-order valence-corrected chi connectivity index (χ4v) is 4.96. The lowest BCUT2D eigenvalue weighted by molar-refractivity contribution is -0.127. The Hall–Kier alpha value is -3.49. The summed E-state index contributed by atoms with van der Waals surface area (Å²) in [6.07, 6.45) is 4.72. The summed E-state index contributed by atoms with van der Waals surface area (Å²) < 4.78 is 13.1. The zero-order chi connectivity index (χ0) is 23.3. The van der Waals surface area contributed by atoms with E-state index >= 15 is 0 Å². The lowest BCUT2D eigenvalue weighted by Crippen LogP contribution is -2.50. The van der Waals surface area contributed by atoms with Gasteiger partial charge in [-0.15, -0.1) is 11.3 Å². The van der Waals surface area contributed by atoms with Gasteiger partial charge in [-0.05, 0) is 47.7 Å². The van der Waals surface area contributed by atoms with Crippen LogP contribution in [-0.4, -0.2) is 38.3 Å². The molecule has 0 radical (unpaired) electrons. The zero-order valence-corrected chi connectivity index (χ0v) is 19.3. The van der Waals surface area contributed by atoms with E-state index in [1.165, 1.54) is 34.6 Å². The van der Waals surface area contributed by atoms with Crippen LogP contribution in [0.4, 0.5) is 4.39 Å². The van der Waals surface area contributed by atoms with Crippen LogP contribution in [0.5, 0.6) is 0 Å². The molecule has 4 aromatic rings. The fourth-order valence-electron chi connectivity index (χ4n) is 4.20. The maximum atomic E-state index is 13.2. The highest BCUT2D eigenvalue weighted by molar-refractivity contribution is 7.13. The molecule has 6 nitrogen and oxygen atoms in total. The van der Waals surface area contributed by atoms with E-state index in [4.69, 9.17) is 4.98 Å². The van der Waals surface area contributed by atoms with Crippen molar-refractivity contribution in [3.05, 3.63) is 101 Å². The van der Waals surface area contributed by atoms with E-state index in [9.17, 15) is 9.18 Å². The first-order valence-corrected chi connectivity index (χ1v) is 12.1. The van der Waals surface area contributed by atoms with Crippen molar-refractivity contribution in [2.75, 3.05) is 6.54 Å². The number of benzene rings is 2. The van der Waals surface area contributed by atoms with E-state index in [0.717, 1.165) is 16.3 Å². The van der Waals surface area contributed by atoms with Crippen molar-refractivity contribution in [2.45, 2.75) is 32.0 Å². The molecule has 1 aliphatic heterocycles. The Morgan fingerprint density at radius 2 is 1.82 bits per heavy atom. The van der Waals surface area contributed by atoms with E-state index < -0.39 is 0 Å². The molecule has 1 unspecified atom stereocenters. The average Bonchev–Trinajstić information content (AvgIpc) is 3.34. The fraction of sp³-hybridized carbons (Fsp3) is 0.231. The first-order chi connectivity index (χ1) is 16.7. The van der Waals surface area contributed by atoms with Crippen LogP contribution in [0, 0.1) is 5.82 Å². The van der Waals surface area contributed by atoms with Crippen LogP contribution in [0.25, 0.3) is 10.8 Å². The molecule has 34 heavy (non-hydrogen) atoms. The first-order valence-electron chi connectivity index (χ1n) is 11.2. The summed E-state index contributed by atoms with van der Waals surface area (Å²) in [5.74, 6) is 0.351. The van der Waals surface area contributed by atoms with Crippen LogP contribution < -0.4 is 5.32 Å². The molecule has 0 bridgehead atoms. The van der Waals surface area contributed by atoms with Crippen molar-refractivity contribution < 1.29 is 9.18 Å². The van der Waals surface area contributed by atoms with Gasteiger partial charge in [-0.3, -0.25) is 9.69 Å². The number of nitrogens with one attached hydrogen (secondary N) is 1. The standard InChI is InChI=1S/C26H24FN5OS/c27-21-8-6-18(7-9-21)10-13-30-25(33)23-14-19-4-1-2-5-20(19)15-32(23)16-22-17-34-26(31-22)24-28-11-3-12-29-24/h1-9,11-12,17,23H,10,13-16H2,(H,30,33). The van der Waals surface area contributed by atoms with E-state index in [1.54, 1.807) is 30.6 Å². The Balaban J connectivity index is 1.29. The van der Waals surface area contributed by atoms with Gasteiger partial charge in [0.05, 0.1) is 11.7 Å². The summed E-state index contributed by atoms with van der Waals surface area (Å²) >= 11 is 1.51. The number of hydrogen-bond donors (Lipinski definition) is 1. The zero-order valence-electron chi connectivity index (χ0n) is 18.5. The Bertz CT molecular complexity index is 1260. The molecule has 0 aliphatic carbocycles. The van der Waals surface area contributed by atoms with Crippen LogP contribution in [0.15, 0.2) is 72.4 Å². The van der Waals surface area contributed by atoms with Gasteiger partial charge in [0.1, 0.15) is 5.82 Å². The molecule has 172 valence electrons. The van der Waals surface area contributed by atoms with Gasteiger partial charge < -0.3 is 5.32 Å². The molecular formula is C26H24FN5OS. The Morgan fingerprint density at radius 1 is 1.06 bits per heavy atom. The maximum absolute atomic E-state index is 13.2. The van der Waals surface area contributed by atoms with Gasteiger partial charge in [-0.25, -0.2) is 19.3 Å². The second-order valence-electron chi connectivity index (χ2n) is 8.28. The van der Waals surface area contributed by atoms with E-state index in [0.29, 0.717) is 38.3 Å². The number of thiazole rings is 1. The lowest BCUT2D eigenvalue weighted by Gasteiger charge is -2.35. The monoisotopic (exact) mass is 473 g/mol. The molecular weight excluding hydrogens is 449 g/mol. The molecule has 2 aromatic heterocycles.